The number of allylic oxidation sites excluding steroid dienone is 2. The number of hydrogen-bond donors (Lipinski definition) is 1. The van der Waals surface area contributed by atoms with E-state index in [0.29, 0.717) is 26.1 Å². The molecule has 6 nitrogen and oxygen atoms in total. The van der Waals surface area contributed by atoms with E-state index in [1.165, 1.54) is 16.4 Å². The topological polar surface area (TPSA) is 102 Å². The highest BCUT2D eigenvalue weighted by Crippen LogP contribution is 2.35. The summed E-state index contributed by atoms with van der Waals surface area (Å²) in [6.45, 7) is 3.41. The average molecular weight is 485 g/mol. The second-order valence-electron chi connectivity index (χ2n) is 7.74. The van der Waals surface area contributed by atoms with Crippen molar-refractivity contribution in [2.75, 3.05) is 5.75 Å². The van der Waals surface area contributed by atoms with Crippen LogP contribution in [-0.4, -0.2) is 21.1 Å². The molecule has 9 heteroatoms. The largest absolute Gasteiger partial charge is 0.401 e. The minimum atomic E-state index is -0.397. The van der Waals surface area contributed by atoms with Gasteiger partial charge in [0.15, 0.2) is 10.9 Å². The van der Waals surface area contributed by atoms with Crippen molar-refractivity contribution in [1.29, 1.82) is 5.26 Å². The van der Waals surface area contributed by atoms with Gasteiger partial charge < -0.3 is 5.73 Å². The van der Waals surface area contributed by atoms with Crippen LogP contribution >= 0.6 is 34.7 Å². The predicted molar refractivity (Wildman–Crippen MR) is 130 cm³/mol. The Morgan fingerprint density at radius 3 is 2.81 bits per heavy atom. The van der Waals surface area contributed by atoms with E-state index in [1.807, 2.05) is 25.1 Å². The van der Waals surface area contributed by atoms with Crippen molar-refractivity contribution >= 4 is 50.7 Å². The van der Waals surface area contributed by atoms with Crippen molar-refractivity contribution in [2.45, 2.75) is 44.7 Å². The van der Waals surface area contributed by atoms with Crippen LogP contribution in [-0.2, 0) is 17.6 Å². The smallest absolute Gasteiger partial charge is 0.267 e. The number of carbonyl (C=O) groups excluding carboxylic acids is 1. The summed E-state index contributed by atoms with van der Waals surface area (Å²) in [6, 6.07) is 7.27. The number of Topliss-reactive ketones (excluding diaryl/α,β-unsaturated/α-hetero) is 1. The molecule has 1 aliphatic rings. The molecule has 0 atom stereocenters. The summed E-state index contributed by atoms with van der Waals surface area (Å²) >= 11 is 9.03. The lowest BCUT2D eigenvalue weighted by atomic mass is 9.97. The van der Waals surface area contributed by atoms with Crippen LogP contribution in [0.1, 0.15) is 35.8 Å². The molecule has 4 rings (SSSR count). The summed E-state index contributed by atoms with van der Waals surface area (Å²) in [6.07, 6.45) is 4.00. The Morgan fingerprint density at radius 1 is 1.38 bits per heavy atom. The molecule has 0 bridgehead atoms. The molecular formula is C23H21ClN4O2S2. The normalized spacial score (nSPS) is 14.1. The quantitative estimate of drug-likeness (QED) is 0.243. The maximum absolute atomic E-state index is 13.7. The van der Waals surface area contributed by atoms with Gasteiger partial charge in [-0.1, -0.05) is 29.4 Å². The van der Waals surface area contributed by atoms with Crippen LogP contribution in [0.5, 0.6) is 0 Å². The molecule has 0 unspecified atom stereocenters. The Balaban J connectivity index is 1.88. The van der Waals surface area contributed by atoms with Gasteiger partial charge >= 0.3 is 0 Å². The Labute approximate surface area is 198 Å². The van der Waals surface area contributed by atoms with Gasteiger partial charge in [0.2, 0.25) is 0 Å². The number of nitriles is 1. The van der Waals surface area contributed by atoms with Gasteiger partial charge in [0.05, 0.1) is 16.8 Å². The Kier molecular flexibility index (Phi) is 6.42. The molecule has 0 radical (unpaired) electrons. The van der Waals surface area contributed by atoms with Crippen LogP contribution in [0.15, 0.2) is 39.4 Å². The lowest BCUT2D eigenvalue weighted by Gasteiger charge is -2.14. The van der Waals surface area contributed by atoms with Crippen LogP contribution in [0, 0.1) is 18.3 Å². The van der Waals surface area contributed by atoms with Gasteiger partial charge in [-0.05, 0) is 62.8 Å². The number of hydrogen-bond acceptors (Lipinski definition) is 7. The van der Waals surface area contributed by atoms with Gasteiger partial charge in [-0.3, -0.25) is 14.2 Å². The molecule has 2 heterocycles. The van der Waals surface area contributed by atoms with E-state index in [1.54, 1.807) is 17.4 Å². The van der Waals surface area contributed by atoms with E-state index in [0.717, 1.165) is 48.6 Å². The first kappa shape index (κ1) is 22.6. The number of nitrogens with two attached hydrogens (primary N) is 1. The first-order valence-electron chi connectivity index (χ1n) is 10.2. The molecule has 2 aromatic heterocycles. The van der Waals surface area contributed by atoms with E-state index >= 15 is 0 Å². The van der Waals surface area contributed by atoms with Crippen molar-refractivity contribution < 1.29 is 4.79 Å². The number of aryl methyl sites for hydroxylation is 3. The molecule has 2 N–H and O–H groups in total. The third kappa shape index (κ3) is 4.08. The summed E-state index contributed by atoms with van der Waals surface area (Å²) in [5.41, 5.74) is 8.21. The van der Waals surface area contributed by atoms with Gasteiger partial charge in [0, 0.05) is 15.6 Å². The molecule has 0 aliphatic heterocycles. The highest BCUT2D eigenvalue weighted by molar-refractivity contribution is 7.99. The summed E-state index contributed by atoms with van der Waals surface area (Å²) in [5.74, 6) is -0.453. The monoisotopic (exact) mass is 484 g/mol. The SMILES string of the molecule is C/C(N)=C(/C#N)C(=O)CSc1nc2sc3c(c2c(=O)n1-c1ccc(C)c(Cl)c1)CCCC3. The maximum atomic E-state index is 13.7. The number of thioether (sulfide) groups is 1. The molecular weight excluding hydrogens is 464 g/mol. The number of halogens is 1. The Hall–Kier alpha value is -2.60. The fourth-order valence-corrected chi connectivity index (χ4v) is 6.17. The molecule has 0 saturated carbocycles. The number of ketones is 1. The van der Waals surface area contributed by atoms with Crippen molar-refractivity contribution in [3.63, 3.8) is 0 Å². The van der Waals surface area contributed by atoms with Crippen LogP contribution in [0.2, 0.25) is 5.02 Å². The fraction of sp³-hybridized carbons (Fsp3) is 0.304. The molecule has 0 fully saturated rings. The van der Waals surface area contributed by atoms with E-state index in [-0.39, 0.29) is 22.6 Å². The van der Waals surface area contributed by atoms with Crippen LogP contribution in [0.25, 0.3) is 15.9 Å². The van der Waals surface area contributed by atoms with Gasteiger partial charge in [-0.25, -0.2) is 4.98 Å². The third-order valence-electron chi connectivity index (χ3n) is 5.49. The Morgan fingerprint density at radius 2 is 2.12 bits per heavy atom. The highest BCUT2D eigenvalue weighted by Gasteiger charge is 2.24. The number of nitrogens with zero attached hydrogens (tertiary/aromatic N) is 3. The zero-order chi connectivity index (χ0) is 23.0. The molecule has 3 aromatic rings. The zero-order valence-corrected chi connectivity index (χ0v) is 20.1. The molecule has 0 saturated heterocycles. The first-order chi connectivity index (χ1) is 15.3. The number of thiophene rings is 1. The lowest BCUT2D eigenvalue weighted by Crippen LogP contribution is -2.23. The predicted octanol–water partition coefficient (Wildman–Crippen LogP) is 4.71. The molecule has 164 valence electrons. The number of aromatic nitrogens is 2. The second-order valence-corrected chi connectivity index (χ2v) is 10.2. The van der Waals surface area contributed by atoms with Crippen molar-refractivity contribution in [1.82, 2.24) is 9.55 Å². The van der Waals surface area contributed by atoms with Crippen LogP contribution < -0.4 is 11.3 Å². The molecule has 0 spiro atoms. The Bertz CT molecular complexity index is 1380. The minimum Gasteiger partial charge on any atom is -0.401 e. The van der Waals surface area contributed by atoms with Gasteiger partial charge in [0.1, 0.15) is 16.5 Å². The molecule has 1 aromatic carbocycles. The summed E-state index contributed by atoms with van der Waals surface area (Å²) in [4.78, 5) is 33.0. The highest BCUT2D eigenvalue weighted by atomic mass is 35.5. The molecule has 32 heavy (non-hydrogen) atoms. The van der Waals surface area contributed by atoms with Gasteiger partial charge in [-0.2, -0.15) is 5.26 Å². The zero-order valence-electron chi connectivity index (χ0n) is 17.7. The summed E-state index contributed by atoms with van der Waals surface area (Å²) in [7, 11) is 0. The van der Waals surface area contributed by atoms with Crippen molar-refractivity contribution in [3.05, 3.63) is 60.8 Å². The van der Waals surface area contributed by atoms with E-state index in [4.69, 9.17) is 22.3 Å². The first-order valence-corrected chi connectivity index (χ1v) is 12.4. The number of rotatable bonds is 5. The van der Waals surface area contributed by atoms with Crippen molar-refractivity contribution in [3.8, 4) is 11.8 Å². The summed E-state index contributed by atoms with van der Waals surface area (Å²) in [5, 5.41) is 10.8. The fourth-order valence-electron chi connectivity index (χ4n) is 3.80. The maximum Gasteiger partial charge on any atom is 0.267 e. The summed E-state index contributed by atoms with van der Waals surface area (Å²) < 4.78 is 1.53. The van der Waals surface area contributed by atoms with Gasteiger partial charge in [0.25, 0.3) is 5.56 Å². The van der Waals surface area contributed by atoms with E-state index in [9.17, 15) is 14.9 Å². The average Bonchev–Trinajstić information content (AvgIpc) is 3.13. The number of fused-ring (bicyclic) bond motifs is 3. The lowest BCUT2D eigenvalue weighted by molar-refractivity contribution is -0.112. The van der Waals surface area contributed by atoms with Gasteiger partial charge in [-0.15, -0.1) is 11.3 Å². The van der Waals surface area contributed by atoms with E-state index in [2.05, 4.69) is 0 Å². The van der Waals surface area contributed by atoms with Crippen LogP contribution in [0.4, 0.5) is 0 Å². The number of carbonyl (C=O) groups is 1. The van der Waals surface area contributed by atoms with E-state index < -0.39 is 5.78 Å². The molecule has 0 amide bonds. The van der Waals surface area contributed by atoms with Crippen LogP contribution in [0.3, 0.4) is 0 Å². The minimum absolute atomic E-state index is 0.0555. The third-order valence-corrected chi connectivity index (χ3v) is 8.02. The second kappa shape index (κ2) is 9.10. The number of benzene rings is 1. The standard InChI is InChI=1S/C23H21ClN4O2S2/c1-12-7-8-14(9-17(12)24)28-22(30)20-15-5-3-4-6-19(15)32-21(20)27-23(28)31-11-18(29)16(10-25)13(2)26/h7-9H,3-6,11,26H2,1-2H3/b16-13+. The molecule has 1 aliphatic carbocycles. The van der Waals surface area contributed by atoms with Crippen molar-refractivity contribution in [2.24, 2.45) is 5.73 Å².